The number of hydrogen-bond donors (Lipinski definition) is 0. The highest BCUT2D eigenvalue weighted by Gasteiger charge is 2.11. The lowest BCUT2D eigenvalue weighted by molar-refractivity contribution is 0.221. The van der Waals surface area contributed by atoms with Crippen molar-refractivity contribution in [3.8, 4) is 5.75 Å². The highest BCUT2D eigenvalue weighted by molar-refractivity contribution is 14.1. The number of piperidine rings is 1. The van der Waals surface area contributed by atoms with E-state index in [1.807, 2.05) is 0 Å². The molecule has 1 heterocycles. The molecule has 1 fully saturated rings. The Labute approximate surface area is 111 Å². The Balaban J connectivity index is 2.01. The smallest absolute Gasteiger partial charge is 0.132 e. The first-order chi connectivity index (χ1) is 7.79. The molecule has 0 bridgehead atoms. The number of likely N-dealkylation sites (tertiary alicyclic amines) is 1. The molecule has 0 saturated carbocycles. The Morgan fingerprint density at radius 1 is 1.25 bits per heavy atom. The summed E-state index contributed by atoms with van der Waals surface area (Å²) in [6.07, 6.45) is 4.11. The molecule has 0 atom stereocenters. The molecule has 1 aromatic carbocycles. The molecule has 0 radical (unpaired) electrons. The van der Waals surface area contributed by atoms with Crippen LogP contribution in [0.2, 0.25) is 0 Å². The highest BCUT2D eigenvalue weighted by atomic mass is 127. The van der Waals surface area contributed by atoms with Crippen LogP contribution in [0.5, 0.6) is 5.75 Å². The van der Waals surface area contributed by atoms with Gasteiger partial charge in [0.2, 0.25) is 0 Å². The zero-order valence-electron chi connectivity index (χ0n) is 9.71. The normalized spacial score (nSPS) is 17.4. The van der Waals surface area contributed by atoms with Crippen molar-refractivity contribution in [2.45, 2.75) is 25.8 Å². The average Bonchev–Trinajstić information content (AvgIpc) is 2.31. The fourth-order valence-electron chi connectivity index (χ4n) is 2.18. The summed E-state index contributed by atoms with van der Waals surface area (Å²) in [5.41, 5.74) is 1.40. The largest absolute Gasteiger partial charge is 0.496 e. The van der Waals surface area contributed by atoms with Crippen molar-refractivity contribution < 1.29 is 4.74 Å². The van der Waals surface area contributed by atoms with Gasteiger partial charge >= 0.3 is 0 Å². The average molecular weight is 331 g/mol. The van der Waals surface area contributed by atoms with E-state index in [9.17, 15) is 0 Å². The second-order valence-electron chi connectivity index (χ2n) is 4.31. The lowest BCUT2D eigenvalue weighted by atomic mass is 10.1. The number of hydrogen-bond acceptors (Lipinski definition) is 2. The minimum atomic E-state index is 0.975. The lowest BCUT2D eigenvalue weighted by Crippen LogP contribution is -2.29. The van der Waals surface area contributed by atoms with E-state index in [1.54, 1.807) is 7.11 Å². The zero-order valence-corrected chi connectivity index (χ0v) is 11.9. The first-order valence-electron chi connectivity index (χ1n) is 5.84. The van der Waals surface area contributed by atoms with E-state index in [0.717, 1.165) is 12.3 Å². The number of methoxy groups -OCH3 is 1. The van der Waals surface area contributed by atoms with Crippen molar-refractivity contribution >= 4 is 22.6 Å². The fourth-order valence-corrected chi connectivity index (χ4v) is 2.98. The number of nitrogens with zero attached hydrogens (tertiary/aromatic N) is 1. The summed E-state index contributed by atoms with van der Waals surface area (Å²) in [5, 5.41) is 0. The molecule has 1 aliphatic heterocycles. The van der Waals surface area contributed by atoms with Gasteiger partial charge in [-0.1, -0.05) is 12.5 Å². The van der Waals surface area contributed by atoms with Gasteiger partial charge in [0.15, 0.2) is 0 Å². The SMILES string of the molecule is COc1ccc(CN2CCCCC2)cc1I. The molecular formula is C13H18INO. The van der Waals surface area contributed by atoms with Gasteiger partial charge in [-0.25, -0.2) is 0 Å². The van der Waals surface area contributed by atoms with Gasteiger partial charge in [0.1, 0.15) is 5.75 Å². The van der Waals surface area contributed by atoms with E-state index < -0.39 is 0 Å². The summed E-state index contributed by atoms with van der Waals surface area (Å²) in [5.74, 6) is 0.975. The van der Waals surface area contributed by atoms with Crippen molar-refractivity contribution in [1.82, 2.24) is 4.90 Å². The Morgan fingerprint density at radius 2 is 2.00 bits per heavy atom. The monoisotopic (exact) mass is 331 g/mol. The molecule has 0 spiro atoms. The van der Waals surface area contributed by atoms with Crippen molar-refractivity contribution in [3.05, 3.63) is 27.3 Å². The molecule has 0 aromatic heterocycles. The maximum atomic E-state index is 5.27. The zero-order chi connectivity index (χ0) is 11.4. The third-order valence-corrected chi connectivity index (χ3v) is 3.91. The fraction of sp³-hybridized carbons (Fsp3) is 0.538. The van der Waals surface area contributed by atoms with Gasteiger partial charge in [-0.15, -0.1) is 0 Å². The van der Waals surface area contributed by atoms with Crippen LogP contribution in [-0.2, 0) is 6.54 Å². The summed E-state index contributed by atoms with van der Waals surface area (Å²) < 4.78 is 6.47. The second kappa shape index (κ2) is 5.87. The standard InChI is InChI=1S/C13H18INO/c1-16-13-6-5-11(9-12(13)14)10-15-7-3-2-4-8-15/h5-6,9H,2-4,7-8,10H2,1H3. The molecule has 1 saturated heterocycles. The van der Waals surface area contributed by atoms with Crippen molar-refractivity contribution in [3.63, 3.8) is 0 Å². The molecule has 1 aromatic rings. The second-order valence-corrected chi connectivity index (χ2v) is 5.47. The molecule has 0 aliphatic carbocycles. The topological polar surface area (TPSA) is 12.5 Å². The number of benzene rings is 1. The molecule has 0 amide bonds. The third kappa shape index (κ3) is 3.10. The molecule has 1 aliphatic rings. The van der Waals surface area contributed by atoms with Gasteiger partial charge < -0.3 is 4.74 Å². The summed E-state index contributed by atoms with van der Waals surface area (Å²) in [7, 11) is 1.72. The van der Waals surface area contributed by atoms with Gasteiger partial charge in [0.25, 0.3) is 0 Å². The molecular weight excluding hydrogens is 313 g/mol. The summed E-state index contributed by atoms with van der Waals surface area (Å²) in [6.45, 7) is 3.59. The minimum absolute atomic E-state index is 0.975. The Kier molecular flexibility index (Phi) is 4.46. The molecule has 0 N–H and O–H groups in total. The van der Waals surface area contributed by atoms with Gasteiger partial charge in [-0.3, -0.25) is 4.90 Å². The predicted octanol–water partition coefficient (Wildman–Crippen LogP) is 3.29. The van der Waals surface area contributed by atoms with E-state index in [0.29, 0.717) is 0 Å². The first kappa shape index (κ1) is 12.2. The number of ether oxygens (including phenoxy) is 1. The summed E-state index contributed by atoms with van der Waals surface area (Å²) >= 11 is 2.34. The van der Waals surface area contributed by atoms with E-state index in [2.05, 4.69) is 45.7 Å². The van der Waals surface area contributed by atoms with Crippen LogP contribution in [0.3, 0.4) is 0 Å². The Morgan fingerprint density at radius 3 is 2.62 bits per heavy atom. The van der Waals surface area contributed by atoms with Crippen molar-refractivity contribution in [1.29, 1.82) is 0 Å². The number of rotatable bonds is 3. The third-order valence-electron chi connectivity index (χ3n) is 3.07. The first-order valence-corrected chi connectivity index (χ1v) is 6.92. The quantitative estimate of drug-likeness (QED) is 0.788. The van der Waals surface area contributed by atoms with E-state index in [1.165, 1.54) is 41.5 Å². The minimum Gasteiger partial charge on any atom is -0.496 e. The van der Waals surface area contributed by atoms with Crippen LogP contribution in [0.4, 0.5) is 0 Å². The maximum Gasteiger partial charge on any atom is 0.132 e. The van der Waals surface area contributed by atoms with Gasteiger partial charge in [0.05, 0.1) is 10.7 Å². The van der Waals surface area contributed by atoms with Crippen molar-refractivity contribution in [2.24, 2.45) is 0 Å². The molecule has 88 valence electrons. The summed E-state index contributed by atoms with van der Waals surface area (Å²) in [4.78, 5) is 2.54. The molecule has 3 heteroatoms. The van der Waals surface area contributed by atoms with E-state index in [4.69, 9.17) is 4.74 Å². The number of halogens is 1. The highest BCUT2D eigenvalue weighted by Crippen LogP contribution is 2.23. The van der Waals surface area contributed by atoms with Gasteiger partial charge in [-0.2, -0.15) is 0 Å². The predicted molar refractivity (Wildman–Crippen MR) is 74.8 cm³/mol. The van der Waals surface area contributed by atoms with Crippen LogP contribution in [0.15, 0.2) is 18.2 Å². The Hall–Kier alpha value is -0.290. The van der Waals surface area contributed by atoms with E-state index >= 15 is 0 Å². The van der Waals surface area contributed by atoms with Gasteiger partial charge in [-0.05, 0) is 66.2 Å². The van der Waals surface area contributed by atoms with Crippen LogP contribution in [0.25, 0.3) is 0 Å². The van der Waals surface area contributed by atoms with Crippen LogP contribution in [0.1, 0.15) is 24.8 Å². The maximum absolute atomic E-state index is 5.27. The van der Waals surface area contributed by atoms with Crippen LogP contribution in [0, 0.1) is 3.57 Å². The van der Waals surface area contributed by atoms with Crippen LogP contribution < -0.4 is 4.74 Å². The molecule has 16 heavy (non-hydrogen) atoms. The summed E-state index contributed by atoms with van der Waals surface area (Å²) in [6, 6.07) is 6.48. The lowest BCUT2D eigenvalue weighted by Gasteiger charge is -2.26. The molecule has 0 unspecified atom stereocenters. The van der Waals surface area contributed by atoms with Gasteiger partial charge in [0, 0.05) is 6.54 Å². The molecule has 2 rings (SSSR count). The molecule has 2 nitrogen and oxygen atoms in total. The van der Waals surface area contributed by atoms with E-state index in [-0.39, 0.29) is 0 Å². The Bertz CT molecular complexity index is 348. The van der Waals surface area contributed by atoms with Crippen molar-refractivity contribution in [2.75, 3.05) is 20.2 Å². The van der Waals surface area contributed by atoms with Crippen LogP contribution in [-0.4, -0.2) is 25.1 Å². The van der Waals surface area contributed by atoms with Crippen LogP contribution >= 0.6 is 22.6 Å².